The van der Waals surface area contributed by atoms with Gasteiger partial charge in [0.05, 0.1) is 22.2 Å². The van der Waals surface area contributed by atoms with Crippen LogP contribution < -0.4 is 4.90 Å². The van der Waals surface area contributed by atoms with Gasteiger partial charge in [-0.25, -0.2) is 4.98 Å². The van der Waals surface area contributed by atoms with Gasteiger partial charge in [-0.15, -0.1) is 11.3 Å². The molecule has 1 unspecified atom stereocenters. The Morgan fingerprint density at radius 2 is 1.67 bits per heavy atom. The van der Waals surface area contributed by atoms with Crippen LogP contribution in [0, 0.1) is 13.8 Å². The summed E-state index contributed by atoms with van der Waals surface area (Å²) in [6.07, 6.45) is 0. The lowest BCUT2D eigenvalue weighted by molar-refractivity contribution is -0.117. The number of Topliss-reactive ketones (excluding diaryl/α,β-unsaturated/α-hetero) is 1. The van der Waals surface area contributed by atoms with Crippen molar-refractivity contribution in [2.75, 3.05) is 4.90 Å². The molecule has 3 aromatic carbocycles. The summed E-state index contributed by atoms with van der Waals surface area (Å²) >= 11 is 7.59. The van der Waals surface area contributed by atoms with E-state index in [1.165, 1.54) is 16.2 Å². The van der Waals surface area contributed by atoms with Crippen molar-refractivity contribution in [3.63, 3.8) is 0 Å². The van der Waals surface area contributed by atoms with Crippen LogP contribution in [0.3, 0.4) is 0 Å². The molecule has 5 rings (SSSR count). The molecular formula is C32H29ClN2O3S. The highest BCUT2D eigenvalue weighted by atomic mass is 35.5. The molecule has 0 spiro atoms. The summed E-state index contributed by atoms with van der Waals surface area (Å²) in [5.74, 6) is -1.61. The van der Waals surface area contributed by atoms with E-state index < -0.39 is 23.5 Å². The average Bonchev–Trinajstić information content (AvgIpc) is 3.42. The molecule has 0 aliphatic carbocycles. The topological polar surface area (TPSA) is 70.5 Å². The van der Waals surface area contributed by atoms with Gasteiger partial charge in [0.1, 0.15) is 5.01 Å². The number of nitrogens with zero attached hydrogens (tertiary/aromatic N) is 2. The minimum atomic E-state index is -0.835. The SMILES string of the molecule is Cc1ccc(Cl)cc1N1C(=O)C(O)=C(C(=O)c2sc(-c3ccccc3)nc2C)C1c1ccc(C(C)(C)C)cc1. The average molecular weight is 557 g/mol. The molecule has 7 heteroatoms. The highest BCUT2D eigenvalue weighted by molar-refractivity contribution is 7.17. The molecule has 2 heterocycles. The van der Waals surface area contributed by atoms with Crippen molar-refractivity contribution in [2.24, 2.45) is 0 Å². The number of thiazole rings is 1. The number of anilines is 1. The van der Waals surface area contributed by atoms with E-state index in [2.05, 4.69) is 25.8 Å². The first-order chi connectivity index (χ1) is 18.5. The molecule has 0 radical (unpaired) electrons. The summed E-state index contributed by atoms with van der Waals surface area (Å²) in [5, 5.41) is 12.4. The number of hydrogen-bond donors (Lipinski definition) is 1. The number of carbonyl (C=O) groups excluding carboxylic acids is 2. The van der Waals surface area contributed by atoms with Crippen LogP contribution in [0.4, 0.5) is 5.69 Å². The molecule has 1 aromatic heterocycles. The van der Waals surface area contributed by atoms with Crippen molar-refractivity contribution in [1.29, 1.82) is 0 Å². The van der Waals surface area contributed by atoms with Gasteiger partial charge in [-0.3, -0.25) is 14.5 Å². The van der Waals surface area contributed by atoms with E-state index >= 15 is 0 Å². The Morgan fingerprint density at radius 3 is 2.31 bits per heavy atom. The Bertz CT molecular complexity index is 1620. The second-order valence-corrected chi connectivity index (χ2v) is 12.2. The number of hydrogen-bond acceptors (Lipinski definition) is 5. The number of aryl methyl sites for hydroxylation is 2. The molecule has 1 amide bonds. The van der Waals surface area contributed by atoms with Crippen molar-refractivity contribution >= 4 is 40.3 Å². The third-order valence-electron chi connectivity index (χ3n) is 7.00. The fraction of sp³-hybridized carbons (Fsp3) is 0.219. The van der Waals surface area contributed by atoms with Crippen LogP contribution in [0.1, 0.15) is 58.9 Å². The van der Waals surface area contributed by atoms with Crippen LogP contribution in [0.5, 0.6) is 0 Å². The molecule has 1 aliphatic rings. The summed E-state index contributed by atoms with van der Waals surface area (Å²) in [6, 6.07) is 21.9. The highest BCUT2D eigenvalue weighted by Crippen LogP contribution is 2.45. The van der Waals surface area contributed by atoms with Gasteiger partial charge in [-0.2, -0.15) is 0 Å². The van der Waals surface area contributed by atoms with E-state index in [9.17, 15) is 14.7 Å². The summed E-state index contributed by atoms with van der Waals surface area (Å²) < 4.78 is 0. The summed E-state index contributed by atoms with van der Waals surface area (Å²) in [6.45, 7) is 10.0. The zero-order chi connectivity index (χ0) is 28.1. The number of benzene rings is 3. The predicted octanol–water partition coefficient (Wildman–Crippen LogP) is 8.16. The van der Waals surface area contributed by atoms with Crippen LogP contribution >= 0.6 is 22.9 Å². The molecule has 198 valence electrons. The fourth-order valence-electron chi connectivity index (χ4n) is 4.84. The van der Waals surface area contributed by atoms with Crippen LogP contribution in [0.2, 0.25) is 5.02 Å². The van der Waals surface area contributed by atoms with Gasteiger partial charge in [-0.1, -0.05) is 93.0 Å². The molecule has 0 fully saturated rings. The number of halogens is 1. The quantitative estimate of drug-likeness (QED) is 0.252. The van der Waals surface area contributed by atoms with E-state index in [-0.39, 0.29) is 11.0 Å². The number of ketones is 1. The van der Waals surface area contributed by atoms with Gasteiger partial charge >= 0.3 is 0 Å². The Kier molecular flexibility index (Phi) is 6.95. The maximum Gasteiger partial charge on any atom is 0.294 e. The summed E-state index contributed by atoms with van der Waals surface area (Å²) in [4.78, 5) is 34.3. The number of carbonyl (C=O) groups is 2. The minimum absolute atomic E-state index is 0.0363. The van der Waals surface area contributed by atoms with E-state index in [0.717, 1.165) is 16.7 Å². The van der Waals surface area contributed by atoms with Crippen LogP contribution in [0.15, 0.2) is 84.1 Å². The normalized spacial score (nSPS) is 15.8. The van der Waals surface area contributed by atoms with Crippen molar-refractivity contribution in [1.82, 2.24) is 4.98 Å². The number of rotatable bonds is 5. The van der Waals surface area contributed by atoms with E-state index in [1.54, 1.807) is 19.1 Å². The Morgan fingerprint density at radius 1 is 1.00 bits per heavy atom. The van der Waals surface area contributed by atoms with E-state index in [0.29, 0.717) is 31.9 Å². The number of amides is 1. The lowest BCUT2D eigenvalue weighted by Gasteiger charge is -2.29. The van der Waals surface area contributed by atoms with Gasteiger partial charge in [-0.05, 0) is 48.1 Å². The molecule has 0 saturated carbocycles. The molecule has 4 aromatic rings. The number of aliphatic hydroxyl groups excluding tert-OH is 1. The summed E-state index contributed by atoms with van der Waals surface area (Å²) in [5.41, 5.74) is 4.59. The largest absolute Gasteiger partial charge is 0.503 e. The zero-order valence-electron chi connectivity index (χ0n) is 22.4. The van der Waals surface area contributed by atoms with Gasteiger partial charge in [0, 0.05) is 16.3 Å². The Hall–Kier alpha value is -3.74. The molecule has 0 bridgehead atoms. The zero-order valence-corrected chi connectivity index (χ0v) is 24.0. The lowest BCUT2D eigenvalue weighted by Crippen LogP contribution is -2.31. The molecule has 1 atom stereocenters. The maximum atomic E-state index is 14.2. The number of aromatic nitrogens is 1. The lowest BCUT2D eigenvalue weighted by atomic mass is 9.85. The number of aliphatic hydroxyl groups is 1. The molecule has 1 N–H and O–H groups in total. The molecule has 5 nitrogen and oxygen atoms in total. The van der Waals surface area contributed by atoms with Gasteiger partial charge < -0.3 is 5.11 Å². The van der Waals surface area contributed by atoms with Crippen molar-refractivity contribution < 1.29 is 14.7 Å². The third kappa shape index (κ3) is 4.90. The van der Waals surface area contributed by atoms with Gasteiger partial charge in [0.15, 0.2) is 5.76 Å². The van der Waals surface area contributed by atoms with Crippen molar-refractivity contribution in [3.05, 3.63) is 116 Å². The molecule has 1 aliphatic heterocycles. The molecular weight excluding hydrogens is 528 g/mol. The Balaban J connectivity index is 1.66. The minimum Gasteiger partial charge on any atom is -0.503 e. The Labute approximate surface area is 237 Å². The highest BCUT2D eigenvalue weighted by Gasteiger charge is 2.46. The molecule has 39 heavy (non-hydrogen) atoms. The first-order valence-electron chi connectivity index (χ1n) is 12.7. The van der Waals surface area contributed by atoms with E-state index in [1.807, 2.05) is 67.6 Å². The standard InChI is InChI=1S/C32H29ClN2O3S/c1-18-11-16-23(33)17-24(18)35-26(20-12-14-22(15-13-20)32(3,4)5)25(28(37)31(35)38)27(36)29-19(2)34-30(39-29)21-9-7-6-8-10-21/h6-17,26,37H,1-5H3. The maximum absolute atomic E-state index is 14.2. The first-order valence-corrected chi connectivity index (χ1v) is 13.9. The molecule has 0 saturated heterocycles. The monoisotopic (exact) mass is 556 g/mol. The fourth-order valence-corrected chi connectivity index (χ4v) is 6.03. The second kappa shape index (κ2) is 10.1. The van der Waals surface area contributed by atoms with Gasteiger partial charge in [0.25, 0.3) is 5.91 Å². The second-order valence-electron chi connectivity index (χ2n) is 10.8. The first kappa shape index (κ1) is 26.9. The van der Waals surface area contributed by atoms with Crippen molar-refractivity contribution in [3.8, 4) is 10.6 Å². The summed E-state index contributed by atoms with van der Waals surface area (Å²) in [7, 11) is 0. The predicted molar refractivity (Wildman–Crippen MR) is 158 cm³/mol. The van der Waals surface area contributed by atoms with Crippen molar-refractivity contribution in [2.45, 2.75) is 46.1 Å². The smallest absolute Gasteiger partial charge is 0.294 e. The van der Waals surface area contributed by atoms with E-state index in [4.69, 9.17) is 11.6 Å². The van der Waals surface area contributed by atoms with Crippen LogP contribution in [0.25, 0.3) is 10.6 Å². The third-order valence-corrected chi connectivity index (χ3v) is 8.44. The van der Waals surface area contributed by atoms with Crippen LogP contribution in [-0.4, -0.2) is 21.8 Å². The van der Waals surface area contributed by atoms with Crippen LogP contribution in [-0.2, 0) is 10.2 Å². The van der Waals surface area contributed by atoms with Gasteiger partial charge in [0.2, 0.25) is 5.78 Å².